The Hall–Kier alpha value is -1.69. The first-order valence-corrected chi connectivity index (χ1v) is 7.35. The molecule has 0 fully saturated rings. The Morgan fingerprint density at radius 1 is 1.53 bits per heavy atom. The van der Waals surface area contributed by atoms with Gasteiger partial charge in [-0.3, -0.25) is 4.79 Å². The summed E-state index contributed by atoms with van der Waals surface area (Å²) in [5.74, 6) is 0.845. The second-order valence-electron chi connectivity index (χ2n) is 4.22. The van der Waals surface area contributed by atoms with Crippen molar-refractivity contribution < 1.29 is 10.0 Å². The molecule has 0 aliphatic heterocycles. The Balaban J connectivity index is 2.72. The fourth-order valence-corrected chi connectivity index (χ4v) is 2.14. The molecular formula is C13H19N3O2S. The van der Waals surface area contributed by atoms with E-state index in [-0.39, 0.29) is 17.8 Å². The monoisotopic (exact) mass is 281 g/mol. The number of hydrogen-bond acceptors (Lipinski definition) is 4. The van der Waals surface area contributed by atoms with Crippen LogP contribution >= 0.6 is 11.8 Å². The largest absolute Gasteiger partial charge is 0.409 e. The first-order valence-electron chi connectivity index (χ1n) is 5.96. The smallest absolute Gasteiger partial charge is 0.251 e. The minimum absolute atomic E-state index is 0.00918. The summed E-state index contributed by atoms with van der Waals surface area (Å²) in [5.41, 5.74) is 6.52. The van der Waals surface area contributed by atoms with Gasteiger partial charge in [-0.25, -0.2) is 0 Å². The van der Waals surface area contributed by atoms with Crippen molar-refractivity contribution in [1.82, 2.24) is 5.32 Å². The molecule has 104 valence electrons. The van der Waals surface area contributed by atoms with Crippen LogP contribution in [0, 0.1) is 0 Å². The van der Waals surface area contributed by atoms with Crippen LogP contribution in [0.15, 0.2) is 29.4 Å². The molecule has 0 bridgehead atoms. The number of amidine groups is 1. The molecule has 4 N–H and O–H groups in total. The summed E-state index contributed by atoms with van der Waals surface area (Å²) in [6.45, 7) is 1.97. The van der Waals surface area contributed by atoms with Gasteiger partial charge < -0.3 is 16.3 Å². The van der Waals surface area contributed by atoms with Gasteiger partial charge in [-0.1, -0.05) is 17.3 Å². The van der Waals surface area contributed by atoms with Crippen LogP contribution < -0.4 is 11.1 Å². The molecule has 1 aromatic carbocycles. The number of nitrogens with one attached hydrogen (secondary N) is 1. The average Bonchev–Trinajstić information content (AvgIpc) is 2.44. The number of oxime groups is 1. The quantitative estimate of drug-likeness (QED) is 0.320. The van der Waals surface area contributed by atoms with Gasteiger partial charge in [0.25, 0.3) is 5.91 Å². The van der Waals surface area contributed by atoms with Crippen LogP contribution in [0.25, 0.3) is 0 Å². The van der Waals surface area contributed by atoms with Crippen molar-refractivity contribution >= 4 is 23.5 Å². The lowest BCUT2D eigenvalue weighted by molar-refractivity contribution is 0.0939. The molecule has 0 aromatic heterocycles. The summed E-state index contributed by atoms with van der Waals surface area (Å²) in [4.78, 5) is 12.0. The summed E-state index contributed by atoms with van der Waals surface area (Å²) in [6.07, 6.45) is 2.96. The summed E-state index contributed by atoms with van der Waals surface area (Å²) < 4.78 is 0. The van der Waals surface area contributed by atoms with Crippen LogP contribution in [0.5, 0.6) is 0 Å². The third-order valence-corrected chi connectivity index (χ3v) is 3.30. The first-order chi connectivity index (χ1) is 9.08. The van der Waals surface area contributed by atoms with Crippen LogP contribution in [0.1, 0.15) is 29.3 Å². The van der Waals surface area contributed by atoms with E-state index in [0.29, 0.717) is 11.1 Å². The predicted octanol–water partition coefficient (Wildman–Crippen LogP) is 1.65. The number of carbonyl (C=O) groups is 1. The zero-order valence-corrected chi connectivity index (χ0v) is 11.9. The number of nitrogens with two attached hydrogens (primary N) is 1. The second kappa shape index (κ2) is 7.68. The van der Waals surface area contributed by atoms with Gasteiger partial charge in [-0.05, 0) is 37.5 Å². The molecule has 0 spiro atoms. The fourth-order valence-electron chi connectivity index (χ4n) is 1.55. The number of carbonyl (C=O) groups excluding carboxylic acids is 1. The van der Waals surface area contributed by atoms with Gasteiger partial charge in [0, 0.05) is 17.2 Å². The molecule has 1 rings (SSSR count). The molecular weight excluding hydrogens is 262 g/mol. The molecule has 6 heteroatoms. The van der Waals surface area contributed by atoms with E-state index in [1.54, 1.807) is 36.0 Å². The standard InChI is InChI=1S/C13H19N3O2S/c1-9(6-7-19-2)15-13(17)11-5-3-4-10(8-11)12(14)16-18/h3-5,8-9,18H,6-7H2,1-2H3,(H2,14,16)(H,15,17). The molecule has 0 saturated heterocycles. The number of benzene rings is 1. The van der Waals surface area contributed by atoms with E-state index in [1.165, 1.54) is 0 Å². The van der Waals surface area contributed by atoms with Crippen molar-refractivity contribution in [1.29, 1.82) is 0 Å². The van der Waals surface area contributed by atoms with Crippen LogP contribution in [-0.4, -0.2) is 35.0 Å². The number of rotatable bonds is 6. The minimum atomic E-state index is -0.152. The Kier molecular flexibility index (Phi) is 6.21. The normalized spacial score (nSPS) is 13.1. The summed E-state index contributed by atoms with van der Waals surface area (Å²) in [5, 5.41) is 14.5. The van der Waals surface area contributed by atoms with Gasteiger partial charge in [0.05, 0.1) is 0 Å². The number of thioether (sulfide) groups is 1. The number of nitrogens with zero attached hydrogens (tertiary/aromatic N) is 1. The Labute approximate surface area is 117 Å². The second-order valence-corrected chi connectivity index (χ2v) is 5.21. The first kappa shape index (κ1) is 15.4. The van der Waals surface area contributed by atoms with Gasteiger partial charge in [0.1, 0.15) is 0 Å². The van der Waals surface area contributed by atoms with E-state index >= 15 is 0 Å². The van der Waals surface area contributed by atoms with E-state index in [1.807, 2.05) is 13.2 Å². The molecule has 0 aliphatic rings. The van der Waals surface area contributed by atoms with Crippen LogP contribution in [0.2, 0.25) is 0 Å². The molecule has 1 unspecified atom stereocenters. The average molecular weight is 281 g/mol. The zero-order valence-electron chi connectivity index (χ0n) is 11.1. The third-order valence-electron chi connectivity index (χ3n) is 2.66. The maximum Gasteiger partial charge on any atom is 0.251 e. The van der Waals surface area contributed by atoms with Crippen molar-refractivity contribution in [3.63, 3.8) is 0 Å². The highest BCUT2D eigenvalue weighted by Gasteiger charge is 2.10. The lowest BCUT2D eigenvalue weighted by Crippen LogP contribution is -2.33. The SMILES string of the molecule is CSCCC(C)NC(=O)c1cccc(/C(N)=N/O)c1. The Morgan fingerprint density at radius 3 is 2.84 bits per heavy atom. The molecule has 1 aromatic rings. The van der Waals surface area contributed by atoms with Gasteiger partial charge in [-0.2, -0.15) is 11.8 Å². The minimum Gasteiger partial charge on any atom is -0.409 e. The summed E-state index contributed by atoms with van der Waals surface area (Å²) in [7, 11) is 0. The Bertz CT molecular complexity index is 463. The molecule has 19 heavy (non-hydrogen) atoms. The fraction of sp³-hybridized carbons (Fsp3) is 0.385. The van der Waals surface area contributed by atoms with Crippen molar-refractivity contribution in [2.75, 3.05) is 12.0 Å². The topological polar surface area (TPSA) is 87.7 Å². The summed E-state index contributed by atoms with van der Waals surface area (Å²) in [6, 6.07) is 6.81. The maximum absolute atomic E-state index is 12.0. The van der Waals surface area contributed by atoms with E-state index in [9.17, 15) is 4.79 Å². The van der Waals surface area contributed by atoms with Crippen LogP contribution in [0.4, 0.5) is 0 Å². The van der Waals surface area contributed by atoms with E-state index < -0.39 is 0 Å². The highest BCUT2D eigenvalue weighted by atomic mass is 32.2. The highest BCUT2D eigenvalue weighted by molar-refractivity contribution is 7.98. The molecule has 0 aliphatic carbocycles. The molecule has 0 saturated carbocycles. The molecule has 0 radical (unpaired) electrons. The van der Waals surface area contributed by atoms with E-state index in [0.717, 1.165) is 12.2 Å². The van der Waals surface area contributed by atoms with Crippen molar-refractivity contribution in [2.45, 2.75) is 19.4 Å². The van der Waals surface area contributed by atoms with Gasteiger partial charge in [0.15, 0.2) is 5.84 Å². The van der Waals surface area contributed by atoms with Crippen molar-refractivity contribution in [2.24, 2.45) is 10.9 Å². The van der Waals surface area contributed by atoms with Crippen molar-refractivity contribution in [3.8, 4) is 0 Å². The van der Waals surface area contributed by atoms with Crippen molar-refractivity contribution in [3.05, 3.63) is 35.4 Å². The molecule has 5 nitrogen and oxygen atoms in total. The molecule has 1 atom stereocenters. The maximum atomic E-state index is 12.0. The van der Waals surface area contributed by atoms with Crippen LogP contribution in [-0.2, 0) is 0 Å². The summed E-state index contributed by atoms with van der Waals surface area (Å²) >= 11 is 1.75. The van der Waals surface area contributed by atoms with Crippen LogP contribution in [0.3, 0.4) is 0 Å². The van der Waals surface area contributed by atoms with Gasteiger partial charge >= 0.3 is 0 Å². The van der Waals surface area contributed by atoms with E-state index in [2.05, 4.69) is 10.5 Å². The number of amides is 1. The van der Waals surface area contributed by atoms with Gasteiger partial charge in [0.2, 0.25) is 0 Å². The van der Waals surface area contributed by atoms with Gasteiger partial charge in [-0.15, -0.1) is 0 Å². The lowest BCUT2D eigenvalue weighted by atomic mass is 10.1. The zero-order chi connectivity index (χ0) is 14.3. The Morgan fingerprint density at radius 2 is 2.21 bits per heavy atom. The predicted molar refractivity (Wildman–Crippen MR) is 78.9 cm³/mol. The van der Waals surface area contributed by atoms with E-state index in [4.69, 9.17) is 10.9 Å². The number of hydrogen-bond donors (Lipinski definition) is 3. The lowest BCUT2D eigenvalue weighted by Gasteiger charge is -2.13. The molecule has 0 heterocycles. The highest BCUT2D eigenvalue weighted by Crippen LogP contribution is 2.07. The third kappa shape index (κ3) is 4.82. The molecule has 1 amide bonds.